The second-order valence-corrected chi connectivity index (χ2v) is 4.26. The van der Waals surface area contributed by atoms with Gasteiger partial charge in [0.2, 0.25) is 5.91 Å². The summed E-state index contributed by atoms with van der Waals surface area (Å²) in [6, 6.07) is 7.80. The topological polar surface area (TPSA) is 79.5 Å². The molecule has 0 aliphatic heterocycles. The lowest BCUT2D eigenvalue weighted by Crippen LogP contribution is -2.73. The molecule has 0 fully saturated rings. The van der Waals surface area contributed by atoms with E-state index in [2.05, 4.69) is 10.2 Å². The minimum Gasteiger partial charge on any atom is -0.466 e. The number of nitrogens with one attached hydrogen (secondary N) is 3. The Morgan fingerprint density at radius 3 is 2.23 bits per heavy atom. The first-order chi connectivity index (χ1) is 10.3. The van der Waals surface area contributed by atoms with E-state index in [-0.39, 0.29) is 12.1 Å². The zero-order valence-corrected chi connectivity index (χ0v) is 12.0. The van der Waals surface area contributed by atoms with Crippen molar-refractivity contribution < 1.29 is 27.5 Å². The molecule has 3 N–H and O–H groups in total. The standard InChI is InChI=1S/C13H16F3N3O3/c1-3-10(20)17-12(11(21)22-2,13(14,15)16)19-18-9-7-5-4-6-8-9/h4-8,18-19H,3H2,1-2H3,(H,17,20). The number of alkyl halides is 3. The molecule has 1 aromatic carbocycles. The van der Waals surface area contributed by atoms with Crippen molar-refractivity contribution in [3.05, 3.63) is 30.3 Å². The van der Waals surface area contributed by atoms with E-state index in [4.69, 9.17) is 0 Å². The number of rotatable bonds is 6. The van der Waals surface area contributed by atoms with Crippen LogP contribution in [0.15, 0.2) is 30.3 Å². The third-order valence-corrected chi connectivity index (χ3v) is 2.73. The number of benzene rings is 1. The molecule has 6 nitrogen and oxygen atoms in total. The molecule has 0 bridgehead atoms. The number of esters is 1. The van der Waals surface area contributed by atoms with E-state index in [1.54, 1.807) is 23.5 Å². The van der Waals surface area contributed by atoms with E-state index >= 15 is 0 Å². The Bertz CT molecular complexity index is 522. The number of hydrogen-bond donors (Lipinski definition) is 3. The smallest absolute Gasteiger partial charge is 0.438 e. The number of anilines is 1. The largest absolute Gasteiger partial charge is 0.466 e. The first kappa shape index (κ1) is 17.8. The van der Waals surface area contributed by atoms with E-state index in [1.807, 2.05) is 5.43 Å². The summed E-state index contributed by atoms with van der Waals surface area (Å²) in [5.74, 6) is -2.66. The Balaban J connectivity index is 3.12. The number of para-hydroxylation sites is 1. The minimum absolute atomic E-state index is 0.234. The van der Waals surface area contributed by atoms with E-state index in [0.29, 0.717) is 0 Å². The number of methoxy groups -OCH3 is 1. The van der Waals surface area contributed by atoms with Crippen molar-refractivity contribution in [2.24, 2.45) is 0 Å². The van der Waals surface area contributed by atoms with Crippen LogP contribution in [-0.2, 0) is 14.3 Å². The van der Waals surface area contributed by atoms with Crippen LogP contribution >= 0.6 is 0 Å². The van der Waals surface area contributed by atoms with E-state index in [0.717, 1.165) is 7.11 Å². The van der Waals surface area contributed by atoms with Crippen LogP contribution in [0.25, 0.3) is 0 Å². The summed E-state index contributed by atoms with van der Waals surface area (Å²) in [4.78, 5) is 23.1. The van der Waals surface area contributed by atoms with Gasteiger partial charge in [-0.1, -0.05) is 25.1 Å². The van der Waals surface area contributed by atoms with Gasteiger partial charge in [-0.3, -0.25) is 4.79 Å². The van der Waals surface area contributed by atoms with Crippen molar-refractivity contribution in [2.75, 3.05) is 12.5 Å². The number of hydrogen-bond acceptors (Lipinski definition) is 5. The van der Waals surface area contributed by atoms with Gasteiger partial charge in [0, 0.05) is 12.1 Å². The van der Waals surface area contributed by atoms with Crippen LogP contribution in [0.2, 0.25) is 0 Å². The maximum Gasteiger partial charge on any atom is 0.438 e. The highest BCUT2D eigenvalue weighted by atomic mass is 19.4. The highest BCUT2D eigenvalue weighted by Gasteiger charge is 2.63. The summed E-state index contributed by atoms with van der Waals surface area (Å²) in [6.07, 6.45) is -5.37. The molecule has 1 unspecified atom stereocenters. The minimum atomic E-state index is -5.13. The quantitative estimate of drug-likeness (QED) is 0.421. The highest BCUT2D eigenvalue weighted by molar-refractivity contribution is 5.88. The molecule has 0 spiro atoms. The summed E-state index contributed by atoms with van der Waals surface area (Å²) in [6.45, 7) is 1.36. The van der Waals surface area contributed by atoms with Crippen molar-refractivity contribution in [1.29, 1.82) is 0 Å². The van der Waals surface area contributed by atoms with Gasteiger partial charge in [-0.15, -0.1) is 0 Å². The first-order valence-electron chi connectivity index (χ1n) is 6.31. The Morgan fingerprint density at radius 2 is 1.77 bits per heavy atom. The molecule has 1 amide bonds. The molecule has 0 aromatic heterocycles. The Hall–Kier alpha value is -2.29. The van der Waals surface area contributed by atoms with Gasteiger partial charge in [-0.05, 0) is 12.1 Å². The molecule has 1 aromatic rings. The molecular formula is C13H16F3N3O3. The Kier molecular flexibility index (Phi) is 5.75. The monoisotopic (exact) mass is 319 g/mol. The van der Waals surface area contributed by atoms with Gasteiger partial charge in [0.05, 0.1) is 7.11 Å². The number of amides is 1. The second kappa shape index (κ2) is 7.12. The molecule has 0 saturated heterocycles. The van der Waals surface area contributed by atoms with Crippen LogP contribution in [-0.4, -0.2) is 30.8 Å². The SMILES string of the molecule is CCC(=O)NC(NNc1ccccc1)(C(=O)OC)C(F)(F)F. The molecule has 0 aliphatic carbocycles. The fraction of sp³-hybridized carbons (Fsp3) is 0.385. The van der Waals surface area contributed by atoms with Gasteiger partial charge in [0.15, 0.2) is 0 Å². The molecule has 0 heterocycles. The van der Waals surface area contributed by atoms with Gasteiger partial charge in [-0.2, -0.15) is 18.6 Å². The fourth-order valence-electron chi connectivity index (χ4n) is 1.53. The zero-order valence-electron chi connectivity index (χ0n) is 12.0. The summed E-state index contributed by atoms with van der Waals surface area (Å²) in [7, 11) is 0.797. The van der Waals surface area contributed by atoms with Gasteiger partial charge in [0.25, 0.3) is 0 Å². The molecule has 0 radical (unpaired) electrons. The van der Waals surface area contributed by atoms with Crippen molar-refractivity contribution >= 4 is 17.6 Å². The van der Waals surface area contributed by atoms with Crippen molar-refractivity contribution in [3.63, 3.8) is 0 Å². The number of halogens is 3. The fourth-order valence-corrected chi connectivity index (χ4v) is 1.53. The maximum atomic E-state index is 13.4. The van der Waals surface area contributed by atoms with Crippen LogP contribution < -0.4 is 16.2 Å². The lowest BCUT2D eigenvalue weighted by molar-refractivity contribution is -0.219. The van der Waals surface area contributed by atoms with Crippen LogP contribution in [0, 0.1) is 0 Å². The van der Waals surface area contributed by atoms with Crippen molar-refractivity contribution in [1.82, 2.24) is 10.7 Å². The maximum absolute atomic E-state index is 13.4. The molecule has 1 rings (SSSR count). The first-order valence-corrected chi connectivity index (χ1v) is 6.31. The van der Waals surface area contributed by atoms with E-state index in [1.165, 1.54) is 19.1 Å². The third kappa shape index (κ3) is 3.88. The number of ether oxygens (including phenoxy) is 1. The molecule has 0 saturated carbocycles. The van der Waals surface area contributed by atoms with Crippen LogP contribution in [0.1, 0.15) is 13.3 Å². The van der Waals surface area contributed by atoms with Crippen LogP contribution in [0.4, 0.5) is 18.9 Å². The van der Waals surface area contributed by atoms with Gasteiger partial charge < -0.3 is 15.5 Å². The molecule has 22 heavy (non-hydrogen) atoms. The molecule has 122 valence electrons. The number of carbonyl (C=O) groups is 2. The van der Waals surface area contributed by atoms with Gasteiger partial charge in [0.1, 0.15) is 0 Å². The van der Waals surface area contributed by atoms with Gasteiger partial charge in [-0.25, -0.2) is 4.79 Å². The lowest BCUT2D eigenvalue weighted by Gasteiger charge is -2.34. The van der Waals surface area contributed by atoms with E-state index < -0.39 is 23.7 Å². The summed E-state index contributed by atoms with van der Waals surface area (Å²) >= 11 is 0. The Morgan fingerprint density at radius 1 is 1.18 bits per heavy atom. The molecular weight excluding hydrogens is 303 g/mol. The lowest BCUT2D eigenvalue weighted by atomic mass is 10.1. The van der Waals surface area contributed by atoms with Crippen LogP contribution in [0.5, 0.6) is 0 Å². The highest BCUT2D eigenvalue weighted by Crippen LogP contribution is 2.30. The molecule has 1 atom stereocenters. The average Bonchev–Trinajstić information content (AvgIpc) is 2.50. The summed E-state index contributed by atoms with van der Waals surface area (Å²) < 4.78 is 44.4. The predicted octanol–water partition coefficient (Wildman–Crippen LogP) is 1.56. The van der Waals surface area contributed by atoms with Crippen LogP contribution in [0.3, 0.4) is 0 Å². The Labute approximate surface area is 125 Å². The van der Waals surface area contributed by atoms with Crippen molar-refractivity contribution in [2.45, 2.75) is 25.2 Å². The molecule has 9 heteroatoms. The normalized spacial score (nSPS) is 13.9. The van der Waals surface area contributed by atoms with Gasteiger partial charge >= 0.3 is 17.8 Å². The van der Waals surface area contributed by atoms with E-state index in [9.17, 15) is 22.8 Å². The average molecular weight is 319 g/mol. The zero-order chi connectivity index (χ0) is 16.8. The van der Waals surface area contributed by atoms with Crippen molar-refractivity contribution in [3.8, 4) is 0 Å². The predicted molar refractivity (Wildman–Crippen MR) is 72.4 cm³/mol. The third-order valence-electron chi connectivity index (χ3n) is 2.73. The summed E-state index contributed by atoms with van der Waals surface area (Å²) in [5, 5.41) is 1.63. The number of carbonyl (C=O) groups excluding carboxylic acids is 2. The number of hydrazine groups is 1. The second-order valence-electron chi connectivity index (χ2n) is 4.26. The summed E-state index contributed by atoms with van der Waals surface area (Å²) in [5.41, 5.74) is 0.946. The molecule has 0 aliphatic rings.